The third-order valence-electron chi connectivity index (χ3n) is 6.58. The quantitative estimate of drug-likeness (QED) is 0.667. The molecular formula is C24H36N2O2. The minimum absolute atomic E-state index is 0.621. The van der Waals surface area contributed by atoms with Crippen LogP contribution in [0.1, 0.15) is 52.0 Å². The Morgan fingerprint density at radius 1 is 1.25 bits per heavy atom. The molecule has 154 valence electrons. The van der Waals surface area contributed by atoms with Gasteiger partial charge in [0, 0.05) is 6.04 Å². The summed E-state index contributed by atoms with van der Waals surface area (Å²) in [6.45, 7) is 10.1. The van der Waals surface area contributed by atoms with Crippen molar-refractivity contribution >= 4 is 12.0 Å². The number of likely N-dealkylation sites (tertiary alicyclic amines) is 1. The van der Waals surface area contributed by atoms with Crippen molar-refractivity contribution in [1.29, 1.82) is 0 Å². The topological polar surface area (TPSA) is 52.6 Å². The molecule has 0 spiro atoms. The third-order valence-corrected chi connectivity index (χ3v) is 6.58. The van der Waals surface area contributed by atoms with Crippen molar-refractivity contribution in [2.24, 2.45) is 17.3 Å². The van der Waals surface area contributed by atoms with Crippen LogP contribution in [-0.2, 0) is 4.79 Å². The molecule has 4 nitrogen and oxygen atoms in total. The SMILES string of the molecule is C/C(=C\c1ccccc1)C1CC1NCC1CCN(CCC(C)(C)C(=O)O)CC1. The van der Waals surface area contributed by atoms with E-state index in [0.29, 0.717) is 12.0 Å². The Balaban J connectivity index is 1.33. The number of carbonyl (C=O) groups is 1. The number of nitrogens with zero attached hydrogens (tertiary/aromatic N) is 1. The van der Waals surface area contributed by atoms with Crippen LogP contribution in [-0.4, -0.2) is 48.2 Å². The number of hydrogen-bond donors (Lipinski definition) is 2. The van der Waals surface area contributed by atoms with Gasteiger partial charge in [-0.15, -0.1) is 0 Å². The molecule has 2 atom stereocenters. The largest absolute Gasteiger partial charge is 0.481 e. The first-order valence-electron chi connectivity index (χ1n) is 10.8. The Labute approximate surface area is 170 Å². The first kappa shape index (κ1) is 21.1. The lowest BCUT2D eigenvalue weighted by Crippen LogP contribution is -2.40. The summed E-state index contributed by atoms with van der Waals surface area (Å²) in [4.78, 5) is 13.7. The van der Waals surface area contributed by atoms with E-state index in [4.69, 9.17) is 0 Å². The van der Waals surface area contributed by atoms with Crippen LogP contribution < -0.4 is 5.32 Å². The zero-order valence-electron chi connectivity index (χ0n) is 17.7. The first-order valence-corrected chi connectivity index (χ1v) is 10.8. The van der Waals surface area contributed by atoms with Crippen molar-refractivity contribution in [2.45, 2.75) is 52.5 Å². The second-order valence-corrected chi connectivity index (χ2v) is 9.38. The maximum Gasteiger partial charge on any atom is 0.309 e. The minimum atomic E-state index is -0.692. The fraction of sp³-hybridized carbons (Fsp3) is 0.625. The number of hydrogen-bond acceptors (Lipinski definition) is 3. The highest BCUT2D eigenvalue weighted by Crippen LogP contribution is 2.38. The van der Waals surface area contributed by atoms with E-state index in [-0.39, 0.29) is 0 Å². The average Bonchev–Trinajstić information content (AvgIpc) is 3.46. The van der Waals surface area contributed by atoms with Gasteiger partial charge in [-0.05, 0) is 90.0 Å². The van der Waals surface area contributed by atoms with Gasteiger partial charge in [-0.25, -0.2) is 0 Å². The van der Waals surface area contributed by atoms with Crippen LogP contribution in [0.25, 0.3) is 6.08 Å². The van der Waals surface area contributed by atoms with Crippen LogP contribution in [0, 0.1) is 17.3 Å². The second kappa shape index (κ2) is 9.23. The Morgan fingerprint density at radius 3 is 2.57 bits per heavy atom. The molecule has 2 unspecified atom stereocenters. The van der Waals surface area contributed by atoms with E-state index >= 15 is 0 Å². The zero-order valence-corrected chi connectivity index (χ0v) is 17.7. The molecule has 0 amide bonds. The number of carboxylic acid groups (broad SMARTS) is 1. The highest BCUT2D eigenvalue weighted by atomic mass is 16.4. The molecule has 2 fully saturated rings. The van der Waals surface area contributed by atoms with Gasteiger partial charge in [0.15, 0.2) is 0 Å². The third kappa shape index (κ3) is 5.92. The average molecular weight is 385 g/mol. The predicted octanol–water partition coefficient (Wildman–Crippen LogP) is 4.28. The molecule has 1 heterocycles. The summed E-state index contributed by atoms with van der Waals surface area (Å²) in [5.41, 5.74) is 2.16. The molecular weight excluding hydrogens is 348 g/mol. The van der Waals surface area contributed by atoms with Crippen molar-refractivity contribution < 1.29 is 9.90 Å². The van der Waals surface area contributed by atoms with Crippen LogP contribution in [0.2, 0.25) is 0 Å². The molecule has 4 heteroatoms. The summed E-state index contributed by atoms with van der Waals surface area (Å²) in [7, 11) is 0. The van der Waals surface area contributed by atoms with Gasteiger partial charge in [0.05, 0.1) is 5.41 Å². The maximum atomic E-state index is 11.2. The lowest BCUT2D eigenvalue weighted by molar-refractivity contribution is -0.147. The molecule has 2 N–H and O–H groups in total. The van der Waals surface area contributed by atoms with Crippen molar-refractivity contribution in [1.82, 2.24) is 10.2 Å². The number of benzene rings is 1. The van der Waals surface area contributed by atoms with E-state index in [1.54, 1.807) is 0 Å². The van der Waals surface area contributed by atoms with Crippen LogP contribution in [0.4, 0.5) is 0 Å². The van der Waals surface area contributed by atoms with Crippen LogP contribution >= 0.6 is 0 Å². The predicted molar refractivity (Wildman–Crippen MR) is 115 cm³/mol. The molecule has 0 aromatic heterocycles. The van der Waals surface area contributed by atoms with Gasteiger partial charge < -0.3 is 15.3 Å². The summed E-state index contributed by atoms with van der Waals surface area (Å²) in [6, 6.07) is 11.2. The van der Waals surface area contributed by atoms with E-state index < -0.39 is 11.4 Å². The van der Waals surface area contributed by atoms with Gasteiger partial charge >= 0.3 is 5.97 Å². The Kier molecular flexibility index (Phi) is 6.95. The molecule has 1 aliphatic carbocycles. The van der Waals surface area contributed by atoms with E-state index in [2.05, 4.69) is 53.5 Å². The minimum Gasteiger partial charge on any atom is -0.481 e. The number of piperidine rings is 1. The number of carboxylic acids is 1. The van der Waals surface area contributed by atoms with Crippen LogP contribution in [0.15, 0.2) is 35.9 Å². The number of rotatable bonds is 9. The van der Waals surface area contributed by atoms with Gasteiger partial charge in [0.2, 0.25) is 0 Å². The van der Waals surface area contributed by atoms with E-state index in [9.17, 15) is 9.90 Å². The smallest absolute Gasteiger partial charge is 0.309 e. The molecule has 1 saturated carbocycles. The summed E-state index contributed by atoms with van der Waals surface area (Å²) < 4.78 is 0. The molecule has 0 bridgehead atoms. The van der Waals surface area contributed by atoms with Crippen molar-refractivity contribution in [3.63, 3.8) is 0 Å². The molecule has 28 heavy (non-hydrogen) atoms. The van der Waals surface area contributed by atoms with Crippen LogP contribution in [0.3, 0.4) is 0 Å². The zero-order chi connectivity index (χ0) is 20.1. The fourth-order valence-corrected chi connectivity index (χ4v) is 4.12. The van der Waals surface area contributed by atoms with Crippen molar-refractivity contribution in [2.75, 3.05) is 26.2 Å². The molecule has 2 aliphatic rings. The molecule has 1 saturated heterocycles. The Hall–Kier alpha value is -1.65. The highest BCUT2D eigenvalue weighted by molar-refractivity contribution is 5.73. The lowest BCUT2D eigenvalue weighted by atomic mass is 9.88. The van der Waals surface area contributed by atoms with Crippen molar-refractivity contribution in [3.8, 4) is 0 Å². The van der Waals surface area contributed by atoms with Gasteiger partial charge in [-0.3, -0.25) is 4.79 Å². The van der Waals surface area contributed by atoms with Gasteiger partial charge in [-0.2, -0.15) is 0 Å². The molecule has 1 aromatic rings. The van der Waals surface area contributed by atoms with Crippen LogP contribution in [0.5, 0.6) is 0 Å². The normalized spacial score (nSPS) is 24.3. The Bertz CT molecular complexity index is 675. The summed E-state index contributed by atoms with van der Waals surface area (Å²) >= 11 is 0. The molecule has 1 aromatic carbocycles. The van der Waals surface area contributed by atoms with E-state index in [0.717, 1.165) is 38.5 Å². The maximum absolute atomic E-state index is 11.2. The van der Waals surface area contributed by atoms with Gasteiger partial charge in [-0.1, -0.05) is 42.0 Å². The summed E-state index contributed by atoms with van der Waals surface area (Å²) in [6.07, 6.45) is 6.75. The van der Waals surface area contributed by atoms with E-state index in [1.165, 1.54) is 30.4 Å². The Morgan fingerprint density at radius 2 is 1.93 bits per heavy atom. The summed E-state index contributed by atoms with van der Waals surface area (Å²) in [5, 5.41) is 13.0. The highest BCUT2D eigenvalue weighted by Gasteiger charge is 2.38. The van der Waals surface area contributed by atoms with Gasteiger partial charge in [0.1, 0.15) is 0 Å². The fourth-order valence-electron chi connectivity index (χ4n) is 4.12. The number of nitrogens with one attached hydrogen (secondary N) is 1. The monoisotopic (exact) mass is 384 g/mol. The van der Waals surface area contributed by atoms with Gasteiger partial charge in [0.25, 0.3) is 0 Å². The summed E-state index contributed by atoms with van der Waals surface area (Å²) in [5.74, 6) is 0.754. The standard InChI is InChI=1S/C24H36N2O2/c1-18(15-19-7-5-4-6-8-19)21-16-22(21)25-17-20-9-12-26(13-10-20)14-11-24(2,3)23(27)28/h4-8,15,20-22,25H,9-14,16-17H2,1-3H3,(H,27,28)/b18-15+. The lowest BCUT2D eigenvalue weighted by Gasteiger charge is -2.33. The van der Waals surface area contributed by atoms with Crippen molar-refractivity contribution in [3.05, 3.63) is 41.5 Å². The van der Waals surface area contributed by atoms with E-state index in [1.807, 2.05) is 13.8 Å². The second-order valence-electron chi connectivity index (χ2n) is 9.38. The molecule has 0 radical (unpaired) electrons. The molecule has 1 aliphatic heterocycles. The first-order chi connectivity index (χ1) is 13.3. The molecule has 3 rings (SSSR count). The number of aliphatic carboxylic acids is 1.